The standard InChI is InChI=1S/C20H27N/c1-6-21-20(19-8-7-15(4)16(5)13-19)18-11-9-17(10-12-18)14(2)3/h7-14,20-21H,6H2,1-5H3. The molecule has 0 heterocycles. The Kier molecular flexibility index (Phi) is 5.19. The summed E-state index contributed by atoms with van der Waals surface area (Å²) >= 11 is 0. The summed E-state index contributed by atoms with van der Waals surface area (Å²) in [7, 11) is 0. The van der Waals surface area contributed by atoms with Crippen molar-refractivity contribution in [2.45, 2.75) is 46.6 Å². The molecule has 0 aliphatic carbocycles. The van der Waals surface area contributed by atoms with Gasteiger partial charge in [-0.25, -0.2) is 0 Å². The highest BCUT2D eigenvalue weighted by atomic mass is 14.9. The zero-order chi connectivity index (χ0) is 15.4. The van der Waals surface area contributed by atoms with Crippen LogP contribution in [0.2, 0.25) is 0 Å². The predicted octanol–water partition coefficient (Wildman–Crippen LogP) is 5.13. The van der Waals surface area contributed by atoms with Crippen LogP contribution in [0.4, 0.5) is 0 Å². The van der Waals surface area contributed by atoms with Gasteiger partial charge in [-0.1, -0.05) is 63.2 Å². The third-order valence-corrected chi connectivity index (χ3v) is 4.21. The van der Waals surface area contributed by atoms with E-state index >= 15 is 0 Å². The van der Waals surface area contributed by atoms with Crippen LogP contribution in [0.1, 0.15) is 60.5 Å². The molecule has 2 aromatic rings. The molecule has 2 aromatic carbocycles. The van der Waals surface area contributed by atoms with E-state index in [-0.39, 0.29) is 6.04 Å². The highest BCUT2D eigenvalue weighted by molar-refractivity contribution is 5.38. The van der Waals surface area contributed by atoms with Crippen molar-refractivity contribution < 1.29 is 0 Å². The van der Waals surface area contributed by atoms with Crippen molar-refractivity contribution in [1.82, 2.24) is 5.32 Å². The van der Waals surface area contributed by atoms with E-state index < -0.39 is 0 Å². The number of benzene rings is 2. The first-order valence-electron chi connectivity index (χ1n) is 7.93. The summed E-state index contributed by atoms with van der Waals surface area (Å²) in [6.45, 7) is 11.9. The largest absolute Gasteiger partial charge is 0.307 e. The Labute approximate surface area is 129 Å². The first-order valence-corrected chi connectivity index (χ1v) is 7.93. The maximum Gasteiger partial charge on any atom is 0.0576 e. The summed E-state index contributed by atoms with van der Waals surface area (Å²) < 4.78 is 0. The second-order valence-corrected chi connectivity index (χ2v) is 6.16. The van der Waals surface area contributed by atoms with Gasteiger partial charge in [0.25, 0.3) is 0 Å². The third-order valence-electron chi connectivity index (χ3n) is 4.21. The number of rotatable bonds is 5. The van der Waals surface area contributed by atoms with Crippen LogP contribution in [-0.4, -0.2) is 6.54 Å². The van der Waals surface area contributed by atoms with Crippen LogP contribution < -0.4 is 5.32 Å². The third kappa shape index (κ3) is 3.74. The Bertz CT molecular complexity index is 581. The van der Waals surface area contributed by atoms with E-state index in [1.54, 1.807) is 0 Å². The molecule has 1 atom stereocenters. The fourth-order valence-corrected chi connectivity index (χ4v) is 2.65. The molecule has 1 N–H and O–H groups in total. The van der Waals surface area contributed by atoms with E-state index in [9.17, 15) is 0 Å². The quantitative estimate of drug-likeness (QED) is 0.801. The number of hydrogen-bond donors (Lipinski definition) is 1. The molecule has 112 valence electrons. The van der Waals surface area contributed by atoms with Gasteiger partial charge >= 0.3 is 0 Å². The molecule has 0 aliphatic rings. The van der Waals surface area contributed by atoms with Crippen molar-refractivity contribution in [3.05, 3.63) is 70.3 Å². The van der Waals surface area contributed by atoms with E-state index in [1.165, 1.54) is 27.8 Å². The zero-order valence-corrected chi connectivity index (χ0v) is 13.9. The van der Waals surface area contributed by atoms with Gasteiger partial charge in [0.15, 0.2) is 0 Å². The molecule has 1 nitrogen and oxygen atoms in total. The van der Waals surface area contributed by atoms with Gasteiger partial charge in [0.2, 0.25) is 0 Å². The van der Waals surface area contributed by atoms with E-state index in [2.05, 4.69) is 82.4 Å². The molecule has 0 amide bonds. The maximum atomic E-state index is 3.61. The minimum atomic E-state index is 0.274. The number of nitrogens with one attached hydrogen (secondary N) is 1. The Hall–Kier alpha value is -1.60. The number of aryl methyl sites for hydroxylation is 2. The molecular formula is C20H27N. The van der Waals surface area contributed by atoms with Gasteiger partial charge < -0.3 is 5.32 Å². The molecule has 0 aromatic heterocycles. The topological polar surface area (TPSA) is 12.0 Å². The first kappa shape index (κ1) is 15.8. The Morgan fingerprint density at radius 2 is 1.38 bits per heavy atom. The van der Waals surface area contributed by atoms with Crippen molar-refractivity contribution in [2.24, 2.45) is 0 Å². The summed E-state index contributed by atoms with van der Waals surface area (Å²) in [5, 5.41) is 3.61. The van der Waals surface area contributed by atoms with Gasteiger partial charge in [-0.15, -0.1) is 0 Å². The van der Waals surface area contributed by atoms with E-state index in [4.69, 9.17) is 0 Å². The van der Waals surface area contributed by atoms with Crippen LogP contribution in [0.25, 0.3) is 0 Å². The van der Waals surface area contributed by atoms with E-state index in [0.29, 0.717) is 5.92 Å². The van der Waals surface area contributed by atoms with Crippen LogP contribution in [-0.2, 0) is 0 Å². The molecule has 0 spiro atoms. The second-order valence-electron chi connectivity index (χ2n) is 6.16. The molecular weight excluding hydrogens is 254 g/mol. The highest BCUT2D eigenvalue weighted by Gasteiger charge is 2.13. The molecule has 0 aliphatic heterocycles. The molecule has 0 bridgehead atoms. The molecule has 0 fully saturated rings. The Morgan fingerprint density at radius 3 is 1.90 bits per heavy atom. The molecule has 0 radical (unpaired) electrons. The Morgan fingerprint density at radius 1 is 0.810 bits per heavy atom. The van der Waals surface area contributed by atoms with Gasteiger partial charge in [-0.05, 0) is 54.1 Å². The van der Waals surface area contributed by atoms with Gasteiger partial charge in [0.1, 0.15) is 0 Å². The molecule has 0 saturated carbocycles. The first-order chi connectivity index (χ1) is 10.0. The molecule has 2 rings (SSSR count). The smallest absolute Gasteiger partial charge is 0.0576 e. The van der Waals surface area contributed by atoms with Gasteiger partial charge in [-0.2, -0.15) is 0 Å². The lowest BCUT2D eigenvalue weighted by atomic mass is 9.93. The van der Waals surface area contributed by atoms with Crippen LogP contribution in [0.5, 0.6) is 0 Å². The lowest BCUT2D eigenvalue weighted by Crippen LogP contribution is -2.22. The second kappa shape index (κ2) is 6.91. The van der Waals surface area contributed by atoms with Crippen molar-refractivity contribution >= 4 is 0 Å². The van der Waals surface area contributed by atoms with Crippen molar-refractivity contribution in [2.75, 3.05) is 6.54 Å². The number of hydrogen-bond acceptors (Lipinski definition) is 1. The van der Waals surface area contributed by atoms with Crippen LogP contribution >= 0.6 is 0 Å². The van der Waals surface area contributed by atoms with Crippen LogP contribution in [0, 0.1) is 13.8 Å². The molecule has 21 heavy (non-hydrogen) atoms. The fourth-order valence-electron chi connectivity index (χ4n) is 2.65. The van der Waals surface area contributed by atoms with E-state index in [1.807, 2.05) is 0 Å². The summed E-state index contributed by atoms with van der Waals surface area (Å²) in [5.41, 5.74) is 6.79. The predicted molar refractivity (Wildman–Crippen MR) is 92.0 cm³/mol. The lowest BCUT2D eigenvalue weighted by molar-refractivity contribution is 0.629. The Balaban J connectivity index is 2.35. The van der Waals surface area contributed by atoms with Crippen molar-refractivity contribution in [3.63, 3.8) is 0 Å². The SMILES string of the molecule is CCNC(c1ccc(C(C)C)cc1)c1ccc(C)c(C)c1. The van der Waals surface area contributed by atoms with Gasteiger partial charge in [0.05, 0.1) is 6.04 Å². The zero-order valence-electron chi connectivity index (χ0n) is 13.9. The lowest BCUT2D eigenvalue weighted by Gasteiger charge is -2.20. The van der Waals surface area contributed by atoms with Crippen molar-refractivity contribution in [3.8, 4) is 0 Å². The normalized spacial score (nSPS) is 12.7. The minimum Gasteiger partial charge on any atom is -0.307 e. The van der Waals surface area contributed by atoms with E-state index in [0.717, 1.165) is 6.54 Å². The maximum absolute atomic E-state index is 3.61. The molecule has 0 saturated heterocycles. The average Bonchev–Trinajstić information content (AvgIpc) is 2.48. The minimum absolute atomic E-state index is 0.274. The molecule has 1 unspecified atom stereocenters. The van der Waals surface area contributed by atoms with Gasteiger partial charge in [0, 0.05) is 0 Å². The summed E-state index contributed by atoms with van der Waals surface area (Å²) in [4.78, 5) is 0. The van der Waals surface area contributed by atoms with Gasteiger partial charge in [-0.3, -0.25) is 0 Å². The summed E-state index contributed by atoms with van der Waals surface area (Å²) in [6.07, 6.45) is 0. The summed E-state index contributed by atoms with van der Waals surface area (Å²) in [5.74, 6) is 0.582. The fraction of sp³-hybridized carbons (Fsp3) is 0.400. The monoisotopic (exact) mass is 281 g/mol. The van der Waals surface area contributed by atoms with Crippen LogP contribution in [0.15, 0.2) is 42.5 Å². The highest BCUT2D eigenvalue weighted by Crippen LogP contribution is 2.25. The van der Waals surface area contributed by atoms with Crippen molar-refractivity contribution in [1.29, 1.82) is 0 Å². The van der Waals surface area contributed by atoms with Crippen LogP contribution in [0.3, 0.4) is 0 Å². The average molecular weight is 281 g/mol. The molecule has 1 heteroatoms. The summed E-state index contributed by atoms with van der Waals surface area (Å²) in [6, 6.07) is 16.1.